The normalized spacial score (nSPS) is 11.6. The Kier molecular flexibility index (Phi) is 3.89. The van der Waals surface area contributed by atoms with E-state index in [9.17, 15) is 8.42 Å². The highest BCUT2D eigenvalue weighted by Gasteiger charge is 2.18. The number of aryl methyl sites for hydroxylation is 2. The van der Waals surface area contributed by atoms with Crippen molar-refractivity contribution in [2.75, 3.05) is 4.72 Å². The molecule has 1 N–H and O–H groups in total. The maximum atomic E-state index is 12.1. The summed E-state index contributed by atoms with van der Waals surface area (Å²) in [6.45, 7) is 1.84. The Labute approximate surface area is 124 Å². The van der Waals surface area contributed by atoms with Gasteiger partial charge >= 0.3 is 0 Å². The molecule has 2 aromatic rings. The van der Waals surface area contributed by atoms with Gasteiger partial charge in [-0.2, -0.15) is 8.42 Å². The molecule has 0 aliphatic carbocycles. The molecule has 1 heterocycles. The Hall–Kier alpha value is -1.05. The molecule has 0 radical (unpaired) electrons. The van der Waals surface area contributed by atoms with Crippen LogP contribution >= 0.6 is 27.5 Å². The number of benzene rings is 1. The number of hydrogen-bond donors (Lipinski definition) is 1. The highest BCUT2D eigenvalue weighted by Crippen LogP contribution is 2.30. The molecule has 0 spiro atoms. The molecule has 5 nitrogen and oxygen atoms in total. The van der Waals surface area contributed by atoms with Gasteiger partial charge < -0.3 is 4.57 Å². The second kappa shape index (κ2) is 5.15. The SMILES string of the molecule is Cc1cc(Br)c(NS(=O)(=O)c2cn(C)cn2)cc1Cl. The fourth-order valence-corrected chi connectivity index (χ4v) is 3.35. The van der Waals surface area contributed by atoms with Crippen LogP contribution in [-0.2, 0) is 17.1 Å². The van der Waals surface area contributed by atoms with E-state index in [4.69, 9.17) is 11.6 Å². The fraction of sp³-hybridized carbons (Fsp3) is 0.182. The van der Waals surface area contributed by atoms with Crippen molar-refractivity contribution >= 4 is 43.2 Å². The lowest BCUT2D eigenvalue weighted by Gasteiger charge is -2.09. The summed E-state index contributed by atoms with van der Waals surface area (Å²) in [6.07, 6.45) is 2.85. The van der Waals surface area contributed by atoms with Gasteiger partial charge in [-0.25, -0.2) is 4.98 Å². The van der Waals surface area contributed by atoms with Crippen LogP contribution in [0.3, 0.4) is 0 Å². The molecular weight excluding hydrogens is 354 g/mol. The van der Waals surface area contributed by atoms with Gasteiger partial charge in [0.2, 0.25) is 0 Å². The summed E-state index contributed by atoms with van der Waals surface area (Å²) < 4.78 is 28.9. The zero-order valence-corrected chi connectivity index (χ0v) is 13.3. The van der Waals surface area contributed by atoms with Crippen molar-refractivity contribution in [1.29, 1.82) is 0 Å². The number of nitrogens with one attached hydrogen (secondary N) is 1. The summed E-state index contributed by atoms with van der Waals surface area (Å²) in [7, 11) is -2.02. The van der Waals surface area contributed by atoms with Crippen molar-refractivity contribution in [1.82, 2.24) is 9.55 Å². The monoisotopic (exact) mass is 363 g/mol. The van der Waals surface area contributed by atoms with Crippen LogP contribution in [-0.4, -0.2) is 18.0 Å². The Balaban J connectivity index is 2.38. The van der Waals surface area contributed by atoms with Crippen LogP contribution in [0.4, 0.5) is 5.69 Å². The van der Waals surface area contributed by atoms with E-state index < -0.39 is 10.0 Å². The van der Waals surface area contributed by atoms with Crippen molar-refractivity contribution < 1.29 is 8.42 Å². The summed E-state index contributed by atoms with van der Waals surface area (Å²) in [5.41, 5.74) is 1.23. The summed E-state index contributed by atoms with van der Waals surface area (Å²) in [6, 6.07) is 3.31. The minimum Gasteiger partial charge on any atom is -0.339 e. The van der Waals surface area contributed by atoms with Crippen LogP contribution < -0.4 is 4.72 Å². The summed E-state index contributed by atoms with van der Waals surface area (Å²) >= 11 is 9.29. The van der Waals surface area contributed by atoms with Crippen LogP contribution in [0.15, 0.2) is 34.2 Å². The average molecular weight is 365 g/mol. The van der Waals surface area contributed by atoms with Gasteiger partial charge in [-0.15, -0.1) is 0 Å². The van der Waals surface area contributed by atoms with Crippen molar-refractivity contribution in [2.45, 2.75) is 11.9 Å². The molecule has 8 heteroatoms. The maximum absolute atomic E-state index is 12.1. The molecule has 2 rings (SSSR count). The van der Waals surface area contributed by atoms with E-state index >= 15 is 0 Å². The summed E-state index contributed by atoms with van der Waals surface area (Å²) in [4.78, 5) is 3.82. The van der Waals surface area contributed by atoms with Gasteiger partial charge in [0, 0.05) is 22.7 Å². The van der Waals surface area contributed by atoms with Crippen LogP contribution in [0.25, 0.3) is 0 Å². The number of halogens is 2. The summed E-state index contributed by atoms with van der Waals surface area (Å²) in [5.74, 6) is 0. The Morgan fingerprint density at radius 1 is 1.42 bits per heavy atom. The zero-order chi connectivity index (χ0) is 14.2. The first-order valence-corrected chi connectivity index (χ1v) is 7.91. The molecule has 0 unspecified atom stereocenters. The standard InChI is InChI=1S/C11H11BrClN3O2S/c1-7-3-8(12)10(4-9(7)13)15-19(17,18)11-5-16(2)6-14-11/h3-6,15H,1-2H3. The quantitative estimate of drug-likeness (QED) is 0.910. The fourth-order valence-electron chi connectivity index (χ4n) is 1.45. The minimum atomic E-state index is -3.72. The lowest BCUT2D eigenvalue weighted by molar-refractivity contribution is 0.598. The van der Waals surface area contributed by atoms with Gasteiger partial charge in [0.25, 0.3) is 10.0 Å². The number of aromatic nitrogens is 2. The number of hydrogen-bond acceptors (Lipinski definition) is 3. The third-order valence-electron chi connectivity index (χ3n) is 2.45. The van der Waals surface area contributed by atoms with E-state index in [1.807, 2.05) is 6.92 Å². The van der Waals surface area contributed by atoms with Crippen LogP contribution in [0.5, 0.6) is 0 Å². The van der Waals surface area contributed by atoms with Crippen molar-refractivity contribution in [3.05, 3.63) is 39.7 Å². The van der Waals surface area contributed by atoms with Crippen LogP contribution in [0.2, 0.25) is 5.02 Å². The molecule has 0 aliphatic rings. The van der Waals surface area contributed by atoms with Gasteiger partial charge in [-0.05, 0) is 40.5 Å². The Morgan fingerprint density at radius 3 is 2.68 bits per heavy atom. The third kappa shape index (κ3) is 3.10. The number of sulfonamides is 1. The molecule has 1 aromatic heterocycles. The largest absolute Gasteiger partial charge is 0.339 e. The highest BCUT2D eigenvalue weighted by atomic mass is 79.9. The smallest absolute Gasteiger partial charge is 0.280 e. The van der Waals surface area contributed by atoms with Crippen molar-refractivity contribution in [2.24, 2.45) is 7.05 Å². The molecule has 102 valence electrons. The molecule has 0 atom stereocenters. The first kappa shape index (κ1) is 14.4. The maximum Gasteiger partial charge on any atom is 0.280 e. The average Bonchev–Trinajstić information content (AvgIpc) is 2.73. The van der Waals surface area contributed by atoms with Crippen molar-refractivity contribution in [3.8, 4) is 0 Å². The van der Waals surface area contributed by atoms with E-state index in [2.05, 4.69) is 25.6 Å². The lowest BCUT2D eigenvalue weighted by Crippen LogP contribution is -2.13. The van der Waals surface area contributed by atoms with Gasteiger partial charge in [0.15, 0.2) is 5.03 Å². The first-order chi connectivity index (χ1) is 8.79. The number of nitrogens with zero attached hydrogens (tertiary/aromatic N) is 2. The molecular formula is C11H11BrClN3O2S. The third-order valence-corrected chi connectivity index (χ3v) is 4.76. The topological polar surface area (TPSA) is 64.0 Å². The number of imidazole rings is 1. The second-order valence-electron chi connectivity index (χ2n) is 4.06. The van der Waals surface area contributed by atoms with E-state index in [1.165, 1.54) is 12.5 Å². The first-order valence-electron chi connectivity index (χ1n) is 5.26. The van der Waals surface area contributed by atoms with E-state index in [0.29, 0.717) is 15.2 Å². The van der Waals surface area contributed by atoms with Crippen LogP contribution in [0, 0.1) is 6.92 Å². The van der Waals surface area contributed by atoms with Gasteiger partial charge in [0.1, 0.15) is 0 Å². The number of rotatable bonds is 3. The van der Waals surface area contributed by atoms with Gasteiger partial charge in [-0.1, -0.05) is 11.6 Å². The second-order valence-corrected chi connectivity index (χ2v) is 6.95. The number of anilines is 1. The molecule has 0 saturated heterocycles. The van der Waals surface area contributed by atoms with Gasteiger partial charge in [0.05, 0.1) is 12.0 Å². The molecule has 0 saturated carbocycles. The molecule has 0 amide bonds. The van der Waals surface area contributed by atoms with E-state index in [0.717, 1.165) is 5.56 Å². The van der Waals surface area contributed by atoms with Crippen molar-refractivity contribution in [3.63, 3.8) is 0 Å². The predicted octanol–water partition coefficient (Wildman–Crippen LogP) is 2.95. The molecule has 0 fully saturated rings. The van der Waals surface area contributed by atoms with Gasteiger partial charge in [-0.3, -0.25) is 4.72 Å². The Morgan fingerprint density at radius 2 is 2.11 bits per heavy atom. The van der Waals surface area contributed by atoms with Crippen LogP contribution in [0.1, 0.15) is 5.56 Å². The van der Waals surface area contributed by atoms with E-state index in [1.54, 1.807) is 23.7 Å². The molecule has 19 heavy (non-hydrogen) atoms. The zero-order valence-electron chi connectivity index (χ0n) is 10.2. The van der Waals surface area contributed by atoms with E-state index in [-0.39, 0.29) is 5.03 Å². The molecule has 0 bridgehead atoms. The highest BCUT2D eigenvalue weighted by molar-refractivity contribution is 9.10. The minimum absolute atomic E-state index is 0.0430. The Bertz CT molecular complexity index is 728. The molecule has 1 aromatic carbocycles. The predicted molar refractivity (Wildman–Crippen MR) is 77.9 cm³/mol. The summed E-state index contributed by atoms with van der Waals surface area (Å²) in [5, 5.41) is 0.445. The molecule has 0 aliphatic heterocycles. The lowest BCUT2D eigenvalue weighted by atomic mass is 10.2.